The van der Waals surface area contributed by atoms with Gasteiger partial charge in [-0.1, -0.05) is 102 Å². The molecule has 0 heterocycles. The van der Waals surface area contributed by atoms with Crippen molar-refractivity contribution in [1.82, 2.24) is 0 Å². The lowest BCUT2D eigenvalue weighted by atomic mass is 10.0. The molecule has 0 N–H and O–H groups in total. The van der Waals surface area contributed by atoms with E-state index in [0.717, 1.165) is 36.1 Å². The number of unbranched alkanes of at least 4 members (excludes halogenated alkanes) is 10. The summed E-state index contributed by atoms with van der Waals surface area (Å²) in [5.74, 6) is 0.529. The first-order chi connectivity index (χ1) is 21.0. The van der Waals surface area contributed by atoms with Gasteiger partial charge in [-0.05, 0) is 85.8 Å². The SMILES string of the molecule is CCCCCCCCCCOc1ccc(C(=O)Oc2ccc(-c3ccc(C(=O)OC(C)CCCCCC)cc3)cc2)cc1. The molecule has 0 amide bonds. The maximum atomic E-state index is 12.7. The third-order valence-electron chi connectivity index (χ3n) is 7.65. The van der Waals surface area contributed by atoms with E-state index in [2.05, 4.69) is 13.8 Å². The molecule has 1 unspecified atom stereocenters. The molecule has 5 nitrogen and oxygen atoms in total. The minimum Gasteiger partial charge on any atom is -0.494 e. The van der Waals surface area contributed by atoms with Crippen LogP contribution in [0.25, 0.3) is 11.1 Å². The van der Waals surface area contributed by atoms with Crippen molar-refractivity contribution in [3.05, 3.63) is 83.9 Å². The zero-order chi connectivity index (χ0) is 30.7. The van der Waals surface area contributed by atoms with Crippen LogP contribution in [0, 0.1) is 0 Å². The monoisotopic (exact) mass is 586 g/mol. The summed E-state index contributed by atoms with van der Waals surface area (Å²) in [7, 11) is 0. The second kappa shape index (κ2) is 19.6. The van der Waals surface area contributed by atoms with E-state index in [-0.39, 0.29) is 12.1 Å². The first-order valence-corrected chi connectivity index (χ1v) is 16.4. The fourth-order valence-corrected chi connectivity index (χ4v) is 4.96. The van der Waals surface area contributed by atoms with Gasteiger partial charge in [-0.3, -0.25) is 0 Å². The largest absolute Gasteiger partial charge is 0.494 e. The molecule has 0 aliphatic carbocycles. The Labute approximate surface area is 259 Å². The minimum absolute atomic E-state index is 0.0879. The molecular formula is C38H50O5. The Morgan fingerprint density at radius 1 is 0.558 bits per heavy atom. The number of rotatable bonds is 20. The number of hydrogen-bond donors (Lipinski definition) is 0. The van der Waals surface area contributed by atoms with Gasteiger partial charge in [-0.2, -0.15) is 0 Å². The third-order valence-corrected chi connectivity index (χ3v) is 7.65. The van der Waals surface area contributed by atoms with E-state index in [1.165, 1.54) is 64.2 Å². The Hall–Kier alpha value is -3.60. The van der Waals surface area contributed by atoms with Gasteiger partial charge in [0.2, 0.25) is 0 Å². The van der Waals surface area contributed by atoms with E-state index in [1.807, 2.05) is 43.3 Å². The fourth-order valence-electron chi connectivity index (χ4n) is 4.96. The number of ether oxygens (including phenoxy) is 3. The summed E-state index contributed by atoms with van der Waals surface area (Å²) in [6.07, 6.45) is 15.6. The molecule has 0 spiro atoms. The second-order valence-electron chi connectivity index (χ2n) is 11.4. The van der Waals surface area contributed by atoms with E-state index in [9.17, 15) is 9.59 Å². The van der Waals surface area contributed by atoms with E-state index < -0.39 is 5.97 Å². The van der Waals surface area contributed by atoms with Gasteiger partial charge in [-0.25, -0.2) is 9.59 Å². The van der Waals surface area contributed by atoms with Gasteiger partial charge in [0.1, 0.15) is 11.5 Å². The number of esters is 2. The molecule has 0 fully saturated rings. The standard InChI is InChI=1S/C38H50O5/c1-4-6-8-10-11-12-13-15-29-41-35-25-23-34(24-26-35)38(40)43-36-27-21-32(22-28-36)31-17-19-33(20-18-31)37(39)42-30(3)16-14-9-7-5-2/h17-28,30H,4-16,29H2,1-3H3. The Kier molecular flexibility index (Phi) is 15.4. The number of carbonyl (C=O) groups is 2. The van der Waals surface area contributed by atoms with Crippen molar-refractivity contribution >= 4 is 11.9 Å². The summed E-state index contributed by atoms with van der Waals surface area (Å²) in [5.41, 5.74) is 2.94. The fraction of sp³-hybridized carbons (Fsp3) is 0.474. The number of benzene rings is 3. The summed E-state index contributed by atoms with van der Waals surface area (Å²) in [4.78, 5) is 25.2. The van der Waals surface area contributed by atoms with Crippen molar-refractivity contribution in [3.63, 3.8) is 0 Å². The highest BCUT2D eigenvalue weighted by Gasteiger charge is 2.13. The molecule has 0 saturated heterocycles. The van der Waals surface area contributed by atoms with Gasteiger partial charge in [0.15, 0.2) is 0 Å². The zero-order valence-electron chi connectivity index (χ0n) is 26.4. The van der Waals surface area contributed by atoms with Crippen molar-refractivity contribution in [2.24, 2.45) is 0 Å². The van der Waals surface area contributed by atoms with Crippen molar-refractivity contribution in [3.8, 4) is 22.6 Å². The second-order valence-corrected chi connectivity index (χ2v) is 11.4. The van der Waals surface area contributed by atoms with Crippen molar-refractivity contribution in [1.29, 1.82) is 0 Å². The maximum absolute atomic E-state index is 12.7. The molecule has 0 aromatic heterocycles. The summed E-state index contributed by atoms with van der Waals surface area (Å²) >= 11 is 0. The number of hydrogen-bond acceptors (Lipinski definition) is 5. The normalized spacial score (nSPS) is 11.6. The van der Waals surface area contributed by atoms with Crippen LogP contribution >= 0.6 is 0 Å². The summed E-state index contributed by atoms with van der Waals surface area (Å²) in [6, 6.07) is 21.8. The average molecular weight is 587 g/mol. The van der Waals surface area contributed by atoms with Crippen LogP contribution in [0.1, 0.15) is 125 Å². The quantitative estimate of drug-likeness (QED) is 0.0748. The molecule has 0 radical (unpaired) electrons. The highest BCUT2D eigenvalue weighted by atomic mass is 16.5. The van der Waals surface area contributed by atoms with E-state index in [1.54, 1.807) is 36.4 Å². The van der Waals surface area contributed by atoms with Gasteiger partial charge >= 0.3 is 11.9 Å². The molecule has 232 valence electrons. The Balaban J connectivity index is 1.40. The Bertz CT molecular complexity index is 1200. The average Bonchev–Trinajstić information content (AvgIpc) is 3.03. The van der Waals surface area contributed by atoms with Gasteiger partial charge < -0.3 is 14.2 Å². The molecule has 0 aliphatic heterocycles. The minimum atomic E-state index is -0.412. The summed E-state index contributed by atoms with van der Waals surface area (Å²) < 4.78 is 17.0. The molecule has 0 saturated carbocycles. The summed E-state index contributed by atoms with van der Waals surface area (Å²) in [6.45, 7) is 7.07. The van der Waals surface area contributed by atoms with Gasteiger partial charge in [-0.15, -0.1) is 0 Å². The predicted molar refractivity (Wildman–Crippen MR) is 175 cm³/mol. The maximum Gasteiger partial charge on any atom is 0.343 e. The van der Waals surface area contributed by atoms with Crippen LogP contribution < -0.4 is 9.47 Å². The molecule has 3 aromatic carbocycles. The molecule has 0 aliphatic rings. The van der Waals surface area contributed by atoms with Crippen LogP contribution in [0.5, 0.6) is 11.5 Å². The molecular weight excluding hydrogens is 536 g/mol. The lowest BCUT2D eigenvalue weighted by Gasteiger charge is -2.13. The van der Waals surface area contributed by atoms with Gasteiger partial charge in [0.25, 0.3) is 0 Å². The van der Waals surface area contributed by atoms with Gasteiger partial charge in [0, 0.05) is 0 Å². The van der Waals surface area contributed by atoms with Gasteiger partial charge in [0.05, 0.1) is 23.8 Å². The van der Waals surface area contributed by atoms with E-state index in [0.29, 0.717) is 23.5 Å². The van der Waals surface area contributed by atoms with Crippen LogP contribution in [0.15, 0.2) is 72.8 Å². The van der Waals surface area contributed by atoms with Crippen LogP contribution in [0.4, 0.5) is 0 Å². The van der Waals surface area contributed by atoms with E-state index in [4.69, 9.17) is 14.2 Å². The highest BCUT2D eigenvalue weighted by molar-refractivity contribution is 5.91. The van der Waals surface area contributed by atoms with Crippen LogP contribution in [-0.2, 0) is 4.74 Å². The van der Waals surface area contributed by atoms with Crippen LogP contribution in [-0.4, -0.2) is 24.6 Å². The first-order valence-electron chi connectivity index (χ1n) is 16.4. The zero-order valence-corrected chi connectivity index (χ0v) is 26.4. The molecule has 43 heavy (non-hydrogen) atoms. The highest BCUT2D eigenvalue weighted by Crippen LogP contribution is 2.24. The topological polar surface area (TPSA) is 61.8 Å². The molecule has 5 heteroatoms. The molecule has 1 atom stereocenters. The van der Waals surface area contributed by atoms with Crippen LogP contribution in [0.2, 0.25) is 0 Å². The van der Waals surface area contributed by atoms with Crippen molar-refractivity contribution in [2.75, 3.05) is 6.61 Å². The number of carbonyl (C=O) groups excluding carboxylic acids is 2. The van der Waals surface area contributed by atoms with E-state index >= 15 is 0 Å². The lowest BCUT2D eigenvalue weighted by molar-refractivity contribution is 0.0319. The molecule has 3 rings (SSSR count). The first kappa shape index (κ1) is 33.9. The third kappa shape index (κ3) is 12.7. The predicted octanol–water partition coefficient (Wildman–Crippen LogP) is 10.6. The smallest absolute Gasteiger partial charge is 0.343 e. The van der Waals surface area contributed by atoms with Crippen LogP contribution in [0.3, 0.4) is 0 Å². The summed E-state index contributed by atoms with van der Waals surface area (Å²) in [5, 5.41) is 0. The lowest BCUT2D eigenvalue weighted by Crippen LogP contribution is -2.15. The van der Waals surface area contributed by atoms with Crippen molar-refractivity contribution in [2.45, 2.75) is 110 Å². The molecule has 0 bridgehead atoms. The Morgan fingerprint density at radius 2 is 1.02 bits per heavy atom. The van der Waals surface area contributed by atoms with Crippen molar-refractivity contribution < 1.29 is 23.8 Å². The Morgan fingerprint density at radius 3 is 1.63 bits per heavy atom. The molecule has 3 aromatic rings.